The number of thiocarbonyl (C=S) groups is 1. The van der Waals surface area contributed by atoms with Crippen LogP contribution in [-0.4, -0.2) is 42.2 Å². The van der Waals surface area contributed by atoms with E-state index < -0.39 is 0 Å². The lowest BCUT2D eigenvalue weighted by Gasteiger charge is -2.45. The van der Waals surface area contributed by atoms with Crippen LogP contribution in [0, 0.1) is 5.92 Å². The molecule has 0 aliphatic carbocycles. The van der Waals surface area contributed by atoms with Gasteiger partial charge in [0.15, 0.2) is 5.11 Å². The normalized spacial score (nSPS) is 32.4. The summed E-state index contributed by atoms with van der Waals surface area (Å²) in [6, 6.07) is 0.587. The quantitative estimate of drug-likeness (QED) is 0.574. The van der Waals surface area contributed by atoms with Crippen molar-refractivity contribution in [3.8, 4) is 0 Å². The Bertz CT molecular complexity index is 236. The smallest absolute Gasteiger partial charge is 0.166 e. The summed E-state index contributed by atoms with van der Waals surface area (Å²) in [6.45, 7) is 6.97. The van der Waals surface area contributed by atoms with Crippen molar-refractivity contribution in [1.82, 2.24) is 15.5 Å². The van der Waals surface area contributed by atoms with Gasteiger partial charge in [-0.25, -0.2) is 0 Å². The fraction of sp³-hybridized carbons (Fsp3) is 0.917. The fourth-order valence-electron chi connectivity index (χ4n) is 2.73. The summed E-state index contributed by atoms with van der Waals surface area (Å²) in [6.07, 6.45) is 5.10. The van der Waals surface area contributed by atoms with Crippen molar-refractivity contribution < 1.29 is 0 Å². The summed E-state index contributed by atoms with van der Waals surface area (Å²) in [5, 5.41) is 7.63. The van der Waals surface area contributed by atoms with Crippen molar-refractivity contribution in [2.24, 2.45) is 5.92 Å². The molecule has 16 heavy (non-hydrogen) atoms. The van der Waals surface area contributed by atoms with Crippen molar-refractivity contribution >= 4 is 17.3 Å². The van der Waals surface area contributed by atoms with Gasteiger partial charge in [0, 0.05) is 19.1 Å². The summed E-state index contributed by atoms with van der Waals surface area (Å²) in [4.78, 5) is 2.55. The highest BCUT2D eigenvalue weighted by Gasteiger charge is 2.34. The summed E-state index contributed by atoms with van der Waals surface area (Å²) >= 11 is 5.32. The van der Waals surface area contributed by atoms with Gasteiger partial charge in [0.2, 0.25) is 0 Å². The summed E-state index contributed by atoms with van der Waals surface area (Å²) < 4.78 is 0. The minimum atomic E-state index is 0.587. The molecule has 0 aromatic heterocycles. The Labute approximate surface area is 104 Å². The van der Waals surface area contributed by atoms with Gasteiger partial charge in [-0.05, 0) is 50.5 Å². The molecule has 3 fully saturated rings. The number of hydrogen-bond acceptors (Lipinski definition) is 2. The van der Waals surface area contributed by atoms with Crippen LogP contribution >= 0.6 is 12.2 Å². The maximum atomic E-state index is 5.32. The van der Waals surface area contributed by atoms with Crippen molar-refractivity contribution in [2.45, 2.75) is 38.6 Å². The third-order valence-electron chi connectivity index (χ3n) is 3.79. The molecule has 3 rings (SSSR count). The van der Waals surface area contributed by atoms with E-state index in [0.29, 0.717) is 6.04 Å². The number of rotatable bonds is 4. The molecule has 0 aromatic rings. The number of nitrogens with zero attached hydrogens (tertiary/aromatic N) is 1. The third kappa shape index (κ3) is 3.08. The molecule has 3 aliphatic heterocycles. The number of unbranched alkanes of at least 4 members (excludes halogenated alkanes) is 1. The lowest BCUT2D eigenvalue weighted by Crippen LogP contribution is -2.58. The number of nitrogens with one attached hydrogen (secondary N) is 2. The van der Waals surface area contributed by atoms with E-state index in [0.717, 1.165) is 17.6 Å². The van der Waals surface area contributed by atoms with E-state index >= 15 is 0 Å². The molecule has 0 spiro atoms. The van der Waals surface area contributed by atoms with Gasteiger partial charge in [0.25, 0.3) is 0 Å². The van der Waals surface area contributed by atoms with Gasteiger partial charge in [-0.3, -0.25) is 0 Å². The minimum absolute atomic E-state index is 0.587. The Hall–Kier alpha value is -0.350. The van der Waals surface area contributed by atoms with Crippen molar-refractivity contribution in [3.05, 3.63) is 0 Å². The predicted octanol–water partition coefficient (Wildman–Crippen LogP) is 1.34. The number of hydrogen-bond donors (Lipinski definition) is 2. The van der Waals surface area contributed by atoms with Crippen LogP contribution < -0.4 is 10.6 Å². The van der Waals surface area contributed by atoms with Crippen LogP contribution in [0.15, 0.2) is 0 Å². The summed E-state index contributed by atoms with van der Waals surface area (Å²) in [7, 11) is 0. The Morgan fingerprint density at radius 3 is 2.69 bits per heavy atom. The Balaban J connectivity index is 1.70. The highest BCUT2D eigenvalue weighted by molar-refractivity contribution is 7.80. The maximum Gasteiger partial charge on any atom is 0.166 e. The van der Waals surface area contributed by atoms with E-state index in [4.69, 9.17) is 12.2 Å². The molecule has 0 aromatic carbocycles. The lowest BCUT2D eigenvalue weighted by atomic mass is 9.84. The molecule has 92 valence electrons. The molecular weight excluding hydrogens is 218 g/mol. The second-order valence-corrected chi connectivity index (χ2v) is 5.41. The molecule has 1 atom stereocenters. The first-order valence-electron chi connectivity index (χ1n) is 6.56. The predicted molar refractivity (Wildman–Crippen MR) is 71.6 cm³/mol. The van der Waals surface area contributed by atoms with Gasteiger partial charge in [0.05, 0.1) is 0 Å². The van der Waals surface area contributed by atoms with Crippen molar-refractivity contribution in [2.75, 3.05) is 26.2 Å². The molecule has 3 heterocycles. The zero-order valence-electron chi connectivity index (χ0n) is 10.2. The number of fused-ring (bicyclic) bond motifs is 3. The zero-order chi connectivity index (χ0) is 11.4. The van der Waals surface area contributed by atoms with Crippen LogP contribution in [0.1, 0.15) is 32.6 Å². The maximum absolute atomic E-state index is 5.32. The van der Waals surface area contributed by atoms with E-state index in [1.807, 2.05) is 0 Å². The van der Waals surface area contributed by atoms with Crippen LogP contribution in [0.4, 0.5) is 0 Å². The highest BCUT2D eigenvalue weighted by atomic mass is 32.1. The minimum Gasteiger partial charge on any atom is -0.363 e. The summed E-state index contributed by atoms with van der Waals surface area (Å²) in [5.74, 6) is 0.843. The van der Waals surface area contributed by atoms with Gasteiger partial charge < -0.3 is 15.5 Å². The Kier molecular flexibility index (Phi) is 4.41. The van der Waals surface area contributed by atoms with Crippen LogP contribution in [0.25, 0.3) is 0 Å². The lowest BCUT2D eigenvalue weighted by molar-refractivity contribution is 0.0812. The highest BCUT2D eigenvalue weighted by Crippen LogP contribution is 2.27. The monoisotopic (exact) mass is 241 g/mol. The van der Waals surface area contributed by atoms with Crippen LogP contribution in [0.3, 0.4) is 0 Å². The van der Waals surface area contributed by atoms with Gasteiger partial charge in [0.1, 0.15) is 0 Å². The van der Waals surface area contributed by atoms with Gasteiger partial charge >= 0.3 is 0 Å². The molecule has 0 amide bonds. The first kappa shape index (κ1) is 12.1. The average molecular weight is 241 g/mol. The first-order chi connectivity index (χ1) is 7.79. The van der Waals surface area contributed by atoms with E-state index in [1.54, 1.807) is 0 Å². The first-order valence-corrected chi connectivity index (χ1v) is 6.97. The van der Waals surface area contributed by atoms with Gasteiger partial charge in [-0.15, -0.1) is 0 Å². The van der Waals surface area contributed by atoms with E-state index in [-0.39, 0.29) is 0 Å². The van der Waals surface area contributed by atoms with E-state index in [9.17, 15) is 0 Å². The molecule has 2 bridgehead atoms. The van der Waals surface area contributed by atoms with Crippen LogP contribution in [0.2, 0.25) is 0 Å². The molecule has 0 radical (unpaired) electrons. The van der Waals surface area contributed by atoms with E-state index in [1.165, 1.54) is 45.3 Å². The molecule has 4 heteroatoms. The average Bonchev–Trinajstić information content (AvgIpc) is 2.31. The third-order valence-corrected chi connectivity index (χ3v) is 4.05. The Morgan fingerprint density at radius 1 is 1.38 bits per heavy atom. The topological polar surface area (TPSA) is 27.3 Å². The zero-order valence-corrected chi connectivity index (χ0v) is 11.0. The summed E-state index contributed by atoms with van der Waals surface area (Å²) in [5.41, 5.74) is 0. The van der Waals surface area contributed by atoms with Crippen LogP contribution in [-0.2, 0) is 0 Å². The molecule has 3 nitrogen and oxygen atoms in total. The Morgan fingerprint density at radius 2 is 2.12 bits per heavy atom. The second kappa shape index (κ2) is 5.82. The van der Waals surface area contributed by atoms with Crippen LogP contribution in [0.5, 0.6) is 0 Å². The van der Waals surface area contributed by atoms with Gasteiger partial charge in [-0.1, -0.05) is 13.3 Å². The molecule has 1 unspecified atom stereocenters. The standard InChI is InChI=1S/C12H23N3S/c1-2-3-6-13-12(16)14-11-9-15-7-4-10(11)5-8-15/h10-11H,2-9H2,1H3,(H2,13,14,16). The van der Waals surface area contributed by atoms with Gasteiger partial charge in [-0.2, -0.15) is 0 Å². The molecular formula is C12H23N3S. The molecule has 3 saturated heterocycles. The number of piperidine rings is 3. The van der Waals surface area contributed by atoms with E-state index in [2.05, 4.69) is 22.5 Å². The molecule has 0 saturated carbocycles. The molecule has 3 aliphatic rings. The molecule has 2 N–H and O–H groups in total. The SMILES string of the molecule is CCCCNC(=S)NC1CN2CCC1CC2. The largest absolute Gasteiger partial charge is 0.363 e. The van der Waals surface area contributed by atoms with Crippen molar-refractivity contribution in [1.29, 1.82) is 0 Å². The van der Waals surface area contributed by atoms with Crippen molar-refractivity contribution in [3.63, 3.8) is 0 Å². The fourth-order valence-corrected chi connectivity index (χ4v) is 2.98. The second-order valence-electron chi connectivity index (χ2n) is 5.00.